The highest BCUT2D eigenvalue weighted by Crippen LogP contribution is 2.30. The summed E-state index contributed by atoms with van der Waals surface area (Å²) in [5.74, 6) is -0.498. The highest BCUT2D eigenvalue weighted by molar-refractivity contribution is 5.92. The molecule has 13 heteroatoms. The van der Waals surface area contributed by atoms with E-state index in [9.17, 15) is 32.9 Å². The minimum absolute atomic E-state index is 0.0192. The number of rotatable bonds is 5. The normalized spacial score (nSPS) is 11.5. The van der Waals surface area contributed by atoms with Gasteiger partial charge in [0.05, 0.1) is 22.4 Å². The number of carbonyl (C=O) groups is 1. The van der Waals surface area contributed by atoms with Gasteiger partial charge in [0.25, 0.3) is 11.2 Å². The molecule has 2 heterocycles. The first kappa shape index (κ1) is 22.6. The van der Waals surface area contributed by atoms with Crippen LogP contribution in [0.4, 0.5) is 24.5 Å². The van der Waals surface area contributed by atoms with Gasteiger partial charge in [-0.1, -0.05) is 6.07 Å². The zero-order valence-corrected chi connectivity index (χ0v) is 17.4. The van der Waals surface area contributed by atoms with Gasteiger partial charge in [0, 0.05) is 24.9 Å². The van der Waals surface area contributed by atoms with E-state index in [0.29, 0.717) is 5.69 Å². The lowest BCUT2D eigenvalue weighted by Crippen LogP contribution is -2.34. The van der Waals surface area contributed by atoms with Crippen molar-refractivity contribution in [1.82, 2.24) is 19.3 Å². The van der Waals surface area contributed by atoms with E-state index in [0.717, 1.165) is 27.7 Å². The van der Waals surface area contributed by atoms with Gasteiger partial charge in [-0.05, 0) is 30.3 Å². The van der Waals surface area contributed by atoms with Crippen molar-refractivity contribution in [3.8, 4) is 5.69 Å². The number of fused-ring (bicyclic) bond motifs is 1. The van der Waals surface area contributed by atoms with E-state index in [4.69, 9.17) is 0 Å². The molecule has 0 aliphatic carbocycles. The Hall–Kier alpha value is -4.55. The maximum Gasteiger partial charge on any atom is 0.416 e. The van der Waals surface area contributed by atoms with E-state index < -0.39 is 28.1 Å². The Kier molecular flexibility index (Phi) is 5.61. The van der Waals surface area contributed by atoms with Crippen molar-refractivity contribution in [2.45, 2.75) is 12.7 Å². The lowest BCUT2D eigenvalue weighted by atomic mass is 10.2. The zero-order chi connectivity index (χ0) is 24.6. The number of benzene rings is 2. The second-order valence-electron chi connectivity index (χ2n) is 7.25. The fraction of sp³-hybridized carbons (Fsp3) is 0.143. The van der Waals surface area contributed by atoms with Gasteiger partial charge in [0.2, 0.25) is 5.91 Å². The van der Waals surface area contributed by atoms with Crippen molar-refractivity contribution in [2.75, 3.05) is 11.9 Å². The first-order chi connectivity index (χ1) is 16.1. The molecule has 1 amide bonds. The maximum absolute atomic E-state index is 13.0. The summed E-state index contributed by atoms with van der Waals surface area (Å²) in [7, 11) is 1.45. The van der Waals surface area contributed by atoms with Crippen LogP contribution in [0.1, 0.15) is 5.56 Å². The molecule has 0 radical (unpaired) electrons. The monoisotopic (exact) mass is 472 g/mol. The Labute approximate surface area is 188 Å². The Morgan fingerprint density at radius 1 is 1.18 bits per heavy atom. The molecule has 0 fully saturated rings. The van der Waals surface area contributed by atoms with Crippen molar-refractivity contribution in [3.63, 3.8) is 0 Å². The molecule has 2 aromatic carbocycles. The number of amides is 1. The standard InChI is InChI=1S/C21H15F3N6O4/c1-27(14-5-7-15(8-6-14)30(33)34)18(31)11-28-12-25-19-17(20(28)32)10-26-29(19)16-4-2-3-13(9-16)21(22,23)24/h2-10,12H,11H2,1H3. The van der Waals surface area contributed by atoms with Gasteiger partial charge in [0.15, 0.2) is 5.65 Å². The summed E-state index contributed by atoms with van der Waals surface area (Å²) in [6.07, 6.45) is -2.26. The summed E-state index contributed by atoms with van der Waals surface area (Å²) in [6, 6.07) is 9.74. The molecule has 2 aromatic heterocycles. The van der Waals surface area contributed by atoms with Gasteiger partial charge in [-0.25, -0.2) is 9.67 Å². The van der Waals surface area contributed by atoms with Gasteiger partial charge in [0.1, 0.15) is 18.3 Å². The number of carbonyl (C=O) groups excluding carboxylic acids is 1. The van der Waals surface area contributed by atoms with Gasteiger partial charge >= 0.3 is 6.18 Å². The molecule has 174 valence electrons. The van der Waals surface area contributed by atoms with Crippen LogP contribution in [0.15, 0.2) is 65.8 Å². The molecular formula is C21H15F3N6O4. The van der Waals surface area contributed by atoms with Crippen LogP contribution in [0, 0.1) is 10.1 Å². The minimum Gasteiger partial charge on any atom is -0.314 e. The molecule has 4 rings (SSSR count). The minimum atomic E-state index is -4.55. The molecule has 0 atom stereocenters. The summed E-state index contributed by atoms with van der Waals surface area (Å²) in [5, 5.41) is 14.8. The third kappa shape index (κ3) is 4.22. The average molecular weight is 472 g/mol. The van der Waals surface area contributed by atoms with Gasteiger partial charge in [-0.15, -0.1) is 0 Å². The highest BCUT2D eigenvalue weighted by Gasteiger charge is 2.30. The predicted octanol–water partition coefficient (Wildman–Crippen LogP) is 3.17. The Morgan fingerprint density at radius 2 is 1.88 bits per heavy atom. The molecule has 0 unspecified atom stereocenters. The number of likely N-dealkylation sites (N-methyl/N-ethyl adjacent to an activating group) is 1. The number of aromatic nitrogens is 4. The van der Waals surface area contributed by atoms with E-state index in [-0.39, 0.29) is 29.0 Å². The van der Waals surface area contributed by atoms with Crippen LogP contribution < -0.4 is 10.5 Å². The summed E-state index contributed by atoms with van der Waals surface area (Å²) in [4.78, 5) is 41.1. The van der Waals surface area contributed by atoms with Crippen molar-refractivity contribution in [1.29, 1.82) is 0 Å². The number of hydrogen-bond donors (Lipinski definition) is 0. The third-order valence-corrected chi connectivity index (χ3v) is 5.10. The van der Waals surface area contributed by atoms with Crippen molar-refractivity contribution in [3.05, 3.63) is 87.1 Å². The number of non-ortho nitro benzene ring substituents is 1. The van der Waals surface area contributed by atoms with Crippen LogP contribution in [0.5, 0.6) is 0 Å². The van der Waals surface area contributed by atoms with Crippen molar-refractivity contribution >= 4 is 28.3 Å². The number of alkyl halides is 3. The topological polar surface area (TPSA) is 116 Å². The van der Waals surface area contributed by atoms with Crippen LogP contribution in [-0.4, -0.2) is 37.2 Å². The molecule has 0 spiro atoms. The SMILES string of the molecule is CN(C(=O)Cn1cnc2c(cnn2-c2cccc(C(F)(F)F)c2)c1=O)c1ccc([N+](=O)[O-])cc1. The summed E-state index contributed by atoms with van der Waals surface area (Å²) >= 11 is 0. The van der Waals surface area contributed by atoms with Gasteiger partial charge in [-0.3, -0.25) is 24.3 Å². The maximum atomic E-state index is 13.0. The number of hydrogen-bond acceptors (Lipinski definition) is 6. The molecule has 4 aromatic rings. The molecule has 0 aliphatic rings. The first-order valence-electron chi connectivity index (χ1n) is 9.68. The number of halogens is 3. The van der Waals surface area contributed by atoms with Gasteiger partial charge in [-0.2, -0.15) is 18.3 Å². The second-order valence-corrected chi connectivity index (χ2v) is 7.25. The van der Waals surface area contributed by atoms with Crippen LogP contribution in [-0.2, 0) is 17.5 Å². The quantitative estimate of drug-likeness (QED) is 0.325. The van der Waals surface area contributed by atoms with Crippen LogP contribution >= 0.6 is 0 Å². The van der Waals surface area contributed by atoms with Crippen LogP contribution in [0.25, 0.3) is 16.7 Å². The molecule has 0 N–H and O–H groups in total. The lowest BCUT2D eigenvalue weighted by molar-refractivity contribution is -0.384. The number of anilines is 1. The van der Waals surface area contributed by atoms with Gasteiger partial charge < -0.3 is 4.90 Å². The molecule has 0 aliphatic heterocycles. The van der Waals surface area contributed by atoms with Crippen molar-refractivity contribution < 1.29 is 22.9 Å². The van der Waals surface area contributed by atoms with E-state index in [2.05, 4.69) is 10.1 Å². The van der Waals surface area contributed by atoms with Crippen LogP contribution in [0.2, 0.25) is 0 Å². The van der Waals surface area contributed by atoms with Crippen LogP contribution in [0.3, 0.4) is 0 Å². The molecule has 0 saturated heterocycles. The van der Waals surface area contributed by atoms with E-state index in [1.54, 1.807) is 0 Å². The summed E-state index contributed by atoms with van der Waals surface area (Å²) in [5.41, 5.74) is -1.11. The summed E-state index contributed by atoms with van der Waals surface area (Å²) < 4.78 is 41.3. The van der Waals surface area contributed by atoms with E-state index in [1.807, 2.05) is 0 Å². The average Bonchev–Trinajstić information content (AvgIpc) is 3.25. The molecular weight excluding hydrogens is 457 g/mol. The van der Waals surface area contributed by atoms with E-state index >= 15 is 0 Å². The third-order valence-electron chi connectivity index (χ3n) is 5.10. The molecule has 34 heavy (non-hydrogen) atoms. The largest absolute Gasteiger partial charge is 0.416 e. The predicted molar refractivity (Wildman–Crippen MR) is 115 cm³/mol. The first-order valence-corrected chi connectivity index (χ1v) is 9.68. The Balaban J connectivity index is 1.61. The number of nitro benzene ring substituents is 1. The van der Waals surface area contributed by atoms with E-state index in [1.165, 1.54) is 54.5 Å². The molecule has 0 bridgehead atoms. The highest BCUT2D eigenvalue weighted by atomic mass is 19.4. The zero-order valence-electron chi connectivity index (χ0n) is 17.4. The van der Waals surface area contributed by atoms with Crippen molar-refractivity contribution in [2.24, 2.45) is 0 Å². The lowest BCUT2D eigenvalue weighted by Gasteiger charge is -2.17. The fourth-order valence-corrected chi connectivity index (χ4v) is 3.26. The molecule has 0 saturated carbocycles. The second kappa shape index (κ2) is 8.42. The number of nitro groups is 1. The number of nitrogens with zero attached hydrogens (tertiary/aromatic N) is 6. The fourth-order valence-electron chi connectivity index (χ4n) is 3.26. The summed E-state index contributed by atoms with van der Waals surface area (Å²) in [6.45, 7) is -0.385. The smallest absolute Gasteiger partial charge is 0.314 e. The molecule has 10 nitrogen and oxygen atoms in total. The Morgan fingerprint density at radius 3 is 2.53 bits per heavy atom. The Bertz CT molecular complexity index is 1460.